The number of aromatic nitrogens is 1. The van der Waals surface area contributed by atoms with Crippen molar-refractivity contribution < 1.29 is 18.0 Å². The van der Waals surface area contributed by atoms with Crippen molar-refractivity contribution in [3.63, 3.8) is 0 Å². The van der Waals surface area contributed by atoms with Gasteiger partial charge in [-0.3, -0.25) is 4.79 Å². The zero-order valence-corrected chi connectivity index (χ0v) is 10.3. The van der Waals surface area contributed by atoms with Crippen molar-refractivity contribution in [3.8, 4) is 0 Å². The smallest absolute Gasteiger partial charge is 0.256 e. The quantitative estimate of drug-likeness (QED) is 0.631. The van der Waals surface area contributed by atoms with Crippen LogP contribution in [0.2, 0.25) is 0 Å². The molecule has 2 rings (SSSR count). The van der Waals surface area contributed by atoms with Crippen LogP contribution in [0, 0.1) is 18.6 Å². The third-order valence-electron chi connectivity index (χ3n) is 2.17. The van der Waals surface area contributed by atoms with E-state index in [1.807, 2.05) is 0 Å². The summed E-state index contributed by atoms with van der Waals surface area (Å²) < 4.78 is 30.7. The fraction of sp³-hybridized carbons (Fsp3) is 0.167. The molecule has 0 fully saturated rings. The summed E-state index contributed by atoms with van der Waals surface area (Å²) in [5, 5.41) is 0.378. The number of hydrogen-bond donors (Lipinski definition) is 0. The van der Waals surface area contributed by atoms with Gasteiger partial charge >= 0.3 is 0 Å². The highest BCUT2D eigenvalue weighted by molar-refractivity contribution is 7.99. The van der Waals surface area contributed by atoms with E-state index in [4.69, 9.17) is 4.42 Å². The Kier molecular flexibility index (Phi) is 3.76. The molecule has 0 saturated heterocycles. The minimum atomic E-state index is -1.03. The highest BCUT2D eigenvalue weighted by Gasteiger charge is 2.11. The summed E-state index contributed by atoms with van der Waals surface area (Å²) in [5.74, 6) is -2.25. The first-order valence-electron chi connectivity index (χ1n) is 5.09. The number of carbonyl (C=O) groups excluding carboxylic acids is 1. The highest BCUT2D eigenvalue weighted by Crippen LogP contribution is 2.19. The van der Waals surface area contributed by atoms with E-state index in [1.54, 1.807) is 6.92 Å². The first-order chi connectivity index (χ1) is 8.56. The molecule has 6 heteroatoms. The molecule has 1 aromatic heterocycles. The first-order valence-corrected chi connectivity index (χ1v) is 6.08. The van der Waals surface area contributed by atoms with E-state index in [0.717, 1.165) is 29.6 Å². The minimum Gasteiger partial charge on any atom is -0.440 e. The number of hydrogen-bond acceptors (Lipinski definition) is 4. The zero-order chi connectivity index (χ0) is 13.1. The first kappa shape index (κ1) is 12.8. The van der Waals surface area contributed by atoms with Gasteiger partial charge in [0.25, 0.3) is 5.22 Å². The summed E-state index contributed by atoms with van der Waals surface area (Å²) in [6.45, 7) is 1.77. The van der Waals surface area contributed by atoms with Crippen LogP contribution in [0.15, 0.2) is 34.1 Å². The number of rotatable bonds is 4. The van der Waals surface area contributed by atoms with Gasteiger partial charge in [-0.2, -0.15) is 0 Å². The van der Waals surface area contributed by atoms with E-state index in [0.29, 0.717) is 5.22 Å². The molecule has 0 aliphatic carbocycles. The number of nitrogens with zero attached hydrogens (tertiary/aromatic N) is 1. The van der Waals surface area contributed by atoms with Gasteiger partial charge in [0.2, 0.25) is 0 Å². The van der Waals surface area contributed by atoms with Crippen LogP contribution in [-0.2, 0) is 0 Å². The van der Waals surface area contributed by atoms with Crippen LogP contribution >= 0.6 is 11.8 Å². The Bertz CT molecular complexity index is 583. The van der Waals surface area contributed by atoms with Crippen molar-refractivity contribution in [2.75, 3.05) is 5.75 Å². The largest absolute Gasteiger partial charge is 0.440 e. The van der Waals surface area contributed by atoms with Crippen molar-refractivity contribution >= 4 is 17.5 Å². The van der Waals surface area contributed by atoms with E-state index in [9.17, 15) is 13.6 Å². The third-order valence-corrected chi connectivity index (χ3v) is 3.01. The maximum absolute atomic E-state index is 12.9. The van der Waals surface area contributed by atoms with Gasteiger partial charge in [-0.05, 0) is 25.1 Å². The summed E-state index contributed by atoms with van der Waals surface area (Å²) in [6.07, 6.45) is 1.48. The SMILES string of the molecule is Cc1coc(SCC(=O)c2ccc(F)c(F)c2)n1. The topological polar surface area (TPSA) is 43.1 Å². The lowest BCUT2D eigenvalue weighted by molar-refractivity contribution is 0.102. The van der Waals surface area contributed by atoms with Crippen LogP contribution in [0.3, 0.4) is 0 Å². The van der Waals surface area contributed by atoms with Gasteiger partial charge in [0, 0.05) is 5.56 Å². The number of thioether (sulfide) groups is 1. The molecule has 3 nitrogen and oxygen atoms in total. The van der Waals surface area contributed by atoms with E-state index in [-0.39, 0.29) is 17.1 Å². The zero-order valence-electron chi connectivity index (χ0n) is 9.44. The average molecular weight is 269 g/mol. The van der Waals surface area contributed by atoms with Crippen LogP contribution in [0.5, 0.6) is 0 Å². The summed E-state index contributed by atoms with van der Waals surface area (Å²) in [6, 6.07) is 3.07. The molecule has 0 N–H and O–H groups in total. The number of ketones is 1. The second-order valence-corrected chi connectivity index (χ2v) is 4.52. The number of carbonyl (C=O) groups is 1. The van der Waals surface area contributed by atoms with Crippen LogP contribution in [-0.4, -0.2) is 16.5 Å². The molecule has 0 aliphatic heterocycles. The number of halogens is 2. The van der Waals surface area contributed by atoms with Gasteiger partial charge in [0.05, 0.1) is 11.4 Å². The van der Waals surface area contributed by atoms with Crippen LogP contribution in [0.1, 0.15) is 16.1 Å². The molecule has 0 saturated carbocycles. The lowest BCUT2D eigenvalue weighted by Gasteiger charge is -2.00. The molecule has 1 heterocycles. The van der Waals surface area contributed by atoms with E-state index < -0.39 is 11.6 Å². The van der Waals surface area contributed by atoms with E-state index in [1.165, 1.54) is 12.3 Å². The standard InChI is InChI=1S/C12H9F2NO2S/c1-7-5-17-12(15-7)18-6-11(16)8-2-3-9(13)10(14)4-8/h2-5H,6H2,1H3. The van der Waals surface area contributed by atoms with Gasteiger partial charge in [0.15, 0.2) is 17.4 Å². The van der Waals surface area contributed by atoms with Gasteiger partial charge in [-0.25, -0.2) is 13.8 Å². The molecular weight excluding hydrogens is 260 g/mol. The summed E-state index contributed by atoms with van der Waals surface area (Å²) in [5.41, 5.74) is 0.849. The highest BCUT2D eigenvalue weighted by atomic mass is 32.2. The Morgan fingerprint density at radius 2 is 2.17 bits per heavy atom. The Morgan fingerprint density at radius 3 is 2.78 bits per heavy atom. The Labute approximate surface area is 106 Å². The number of oxazole rings is 1. The summed E-state index contributed by atoms with van der Waals surface area (Å²) in [4.78, 5) is 15.7. The Morgan fingerprint density at radius 1 is 1.39 bits per heavy atom. The average Bonchev–Trinajstić information content (AvgIpc) is 2.75. The van der Waals surface area contributed by atoms with Crippen LogP contribution < -0.4 is 0 Å². The predicted octanol–water partition coefficient (Wildman–Crippen LogP) is 3.24. The predicted molar refractivity (Wildman–Crippen MR) is 62.7 cm³/mol. The molecule has 94 valence electrons. The van der Waals surface area contributed by atoms with Crippen molar-refractivity contribution in [3.05, 3.63) is 47.4 Å². The minimum absolute atomic E-state index is 0.0605. The van der Waals surface area contributed by atoms with E-state index in [2.05, 4.69) is 4.98 Å². The van der Waals surface area contributed by atoms with Crippen molar-refractivity contribution in [2.24, 2.45) is 0 Å². The Balaban J connectivity index is 2.01. The lowest BCUT2D eigenvalue weighted by atomic mass is 10.1. The normalized spacial score (nSPS) is 10.6. The number of aryl methyl sites for hydroxylation is 1. The second kappa shape index (κ2) is 5.30. The molecule has 18 heavy (non-hydrogen) atoms. The van der Waals surface area contributed by atoms with Gasteiger partial charge in [-0.1, -0.05) is 11.8 Å². The fourth-order valence-corrected chi connectivity index (χ4v) is 2.02. The van der Waals surface area contributed by atoms with E-state index >= 15 is 0 Å². The maximum Gasteiger partial charge on any atom is 0.256 e. The van der Waals surface area contributed by atoms with Crippen LogP contribution in [0.25, 0.3) is 0 Å². The second-order valence-electron chi connectivity index (χ2n) is 3.60. The molecule has 0 spiro atoms. The molecular formula is C12H9F2NO2S. The molecule has 0 unspecified atom stereocenters. The summed E-state index contributed by atoms with van der Waals surface area (Å²) >= 11 is 1.11. The molecule has 0 bridgehead atoms. The molecule has 0 aliphatic rings. The van der Waals surface area contributed by atoms with Gasteiger partial charge in [-0.15, -0.1) is 0 Å². The molecule has 0 atom stereocenters. The van der Waals surface area contributed by atoms with Crippen LogP contribution in [0.4, 0.5) is 8.78 Å². The van der Waals surface area contributed by atoms with Gasteiger partial charge < -0.3 is 4.42 Å². The molecule has 0 radical (unpaired) electrons. The lowest BCUT2D eigenvalue weighted by Crippen LogP contribution is -2.03. The number of Topliss-reactive ketones (excluding diaryl/α,β-unsaturated/α-hetero) is 1. The van der Waals surface area contributed by atoms with Crippen molar-refractivity contribution in [1.82, 2.24) is 4.98 Å². The van der Waals surface area contributed by atoms with Gasteiger partial charge in [0.1, 0.15) is 6.26 Å². The monoisotopic (exact) mass is 269 g/mol. The Hall–Kier alpha value is -1.69. The molecule has 0 amide bonds. The fourth-order valence-electron chi connectivity index (χ4n) is 1.28. The number of benzene rings is 1. The third kappa shape index (κ3) is 2.95. The summed E-state index contributed by atoms with van der Waals surface area (Å²) in [7, 11) is 0. The van der Waals surface area contributed by atoms with Crippen molar-refractivity contribution in [2.45, 2.75) is 12.1 Å². The van der Waals surface area contributed by atoms with Crippen molar-refractivity contribution in [1.29, 1.82) is 0 Å². The molecule has 2 aromatic rings. The maximum atomic E-state index is 12.9. The molecule has 1 aromatic carbocycles.